The Kier molecular flexibility index (Phi) is 3.43. The van der Waals surface area contributed by atoms with Crippen LogP contribution in [0.2, 0.25) is 0 Å². The van der Waals surface area contributed by atoms with E-state index in [2.05, 4.69) is 17.6 Å². The highest BCUT2D eigenvalue weighted by atomic mass is 16.2. The lowest BCUT2D eigenvalue weighted by Crippen LogP contribution is -2.58. The Hall–Kier alpha value is -1.10. The zero-order valence-electron chi connectivity index (χ0n) is 9.66. The van der Waals surface area contributed by atoms with Crippen LogP contribution < -0.4 is 10.6 Å². The van der Waals surface area contributed by atoms with Gasteiger partial charge in [-0.2, -0.15) is 0 Å². The van der Waals surface area contributed by atoms with E-state index >= 15 is 0 Å². The first kappa shape index (κ1) is 11.4. The molecule has 2 fully saturated rings. The van der Waals surface area contributed by atoms with Gasteiger partial charge in [-0.1, -0.05) is 13.3 Å². The minimum atomic E-state index is -0.228. The Morgan fingerprint density at radius 2 is 2.38 bits per heavy atom. The summed E-state index contributed by atoms with van der Waals surface area (Å²) < 4.78 is 0. The first-order valence-electron chi connectivity index (χ1n) is 5.99. The third kappa shape index (κ3) is 2.35. The van der Waals surface area contributed by atoms with Crippen LogP contribution in [0.1, 0.15) is 19.8 Å². The van der Waals surface area contributed by atoms with Crippen molar-refractivity contribution in [2.45, 2.75) is 25.8 Å². The molecule has 2 heterocycles. The van der Waals surface area contributed by atoms with Crippen LogP contribution >= 0.6 is 0 Å². The monoisotopic (exact) mass is 225 g/mol. The van der Waals surface area contributed by atoms with Crippen LogP contribution in [0.5, 0.6) is 0 Å². The summed E-state index contributed by atoms with van der Waals surface area (Å²) in [6.07, 6.45) is 2.25. The number of amides is 2. The lowest BCUT2D eigenvalue weighted by atomic mass is 10.1. The van der Waals surface area contributed by atoms with Crippen LogP contribution in [0.15, 0.2) is 0 Å². The largest absolute Gasteiger partial charge is 0.353 e. The smallest absolute Gasteiger partial charge is 0.241 e. The highest BCUT2D eigenvalue weighted by molar-refractivity contribution is 5.86. The summed E-state index contributed by atoms with van der Waals surface area (Å²) >= 11 is 0. The van der Waals surface area contributed by atoms with Gasteiger partial charge < -0.3 is 10.2 Å². The van der Waals surface area contributed by atoms with E-state index in [1.165, 1.54) is 0 Å². The summed E-state index contributed by atoms with van der Waals surface area (Å²) in [4.78, 5) is 25.0. The Bertz CT molecular complexity index is 283. The van der Waals surface area contributed by atoms with Crippen molar-refractivity contribution in [2.75, 3.05) is 26.2 Å². The molecule has 2 unspecified atom stereocenters. The standard InChI is InChI=1S/C11H19N3O2/c1-2-8-3-4-14(7-8)11(16)9-5-13-10(15)6-12-9/h8-9,12H,2-7H2,1H3,(H,13,15). The van der Waals surface area contributed by atoms with Crippen LogP contribution in [-0.2, 0) is 9.59 Å². The normalized spacial score (nSPS) is 30.3. The van der Waals surface area contributed by atoms with E-state index < -0.39 is 0 Å². The Morgan fingerprint density at radius 3 is 2.94 bits per heavy atom. The zero-order valence-corrected chi connectivity index (χ0v) is 9.66. The third-order valence-corrected chi connectivity index (χ3v) is 3.49. The molecular weight excluding hydrogens is 206 g/mol. The van der Waals surface area contributed by atoms with Crippen LogP contribution in [0.25, 0.3) is 0 Å². The van der Waals surface area contributed by atoms with Crippen LogP contribution in [0.4, 0.5) is 0 Å². The van der Waals surface area contributed by atoms with Gasteiger partial charge in [0, 0.05) is 19.6 Å². The summed E-state index contributed by atoms with van der Waals surface area (Å²) in [6.45, 7) is 4.58. The van der Waals surface area contributed by atoms with Gasteiger partial charge >= 0.3 is 0 Å². The van der Waals surface area contributed by atoms with Gasteiger partial charge in [0.25, 0.3) is 0 Å². The topological polar surface area (TPSA) is 61.4 Å². The van der Waals surface area contributed by atoms with Crippen molar-refractivity contribution in [1.82, 2.24) is 15.5 Å². The van der Waals surface area contributed by atoms with Gasteiger partial charge in [-0.05, 0) is 12.3 Å². The highest BCUT2D eigenvalue weighted by Crippen LogP contribution is 2.19. The van der Waals surface area contributed by atoms with Crippen molar-refractivity contribution in [3.05, 3.63) is 0 Å². The molecule has 2 N–H and O–H groups in total. The molecule has 0 aromatic heterocycles. The Labute approximate surface area is 95.6 Å². The van der Waals surface area contributed by atoms with Crippen LogP contribution in [-0.4, -0.2) is 48.9 Å². The fraction of sp³-hybridized carbons (Fsp3) is 0.818. The Morgan fingerprint density at radius 1 is 1.56 bits per heavy atom. The Balaban J connectivity index is 1.86. The van der Waals surface area contributed by atoms with Gasteiger partial charge in [-0.15, -0.1) is 0 Å². The second-order valence-electron chi connectivity index (χ2n) is 4.58. The molecule has 90 valence electrons. The van der Waals surface area contributed by atoms with E-state index in [9.17, 15) is 9.59 Å². The van der Waals surface area contributed by atoms with Gasteiger partial charge in [0.15, 0.2) is 0 Å². The predicted molar refractivity (Wildman–Crippen MR) is 59.8 cm³/mol. The van der Waals surface area contributed by atoms with E-state index in [0.29, 0.717) is 12.5 Å². The number of rotatable bonds is 2. The fourth-order valence-corrected chi connectivity index (χ4v) is 2.33. The molecule has 0 saturated carbocycles. The molecule has 2 saturated heterocycles. The van der Waals surface area contributed by atoms with E-state index in [1.54, 1.807) is 0 Å². The lowest BCUT2D eigenvalue weighted by Gasteiger charge is -2.27. The van der Waals surface area contributed by atoms with E-state index in [4.69, 9.17) is 0 Å². The molecule has 0 spiro atoms. The summed E-state index contributed by atoms with van der Waals surface area (Å²) in [5, 5.41) is 5.69. The maximum Gasteiger partial charge on any atom is 0.241 e. The van der Waals surface area contributed by atoms with Gasteiger partial charge in [0.2, 0.25) is 11.8 Å². The number of hydrogen-bond donors (Lipinski definition) is 2. The molecule has 16 heavy (non-hydrogen) atoms. The zero-order chi connectivity index (χ0) is 11.5. The lowest BCUT2D eigenvalue weighted by molar-refractivity contribution is -0.134. The molecule has 0 aromatic carbocycles. The average molecular weight is 225 g/mol. The van der Waals surface area contributed by atoms with Gasteiger partial charge in [0.1, 0.15) is 6.04 Å². The van der Waals surface area contributed by atoms with Crippen molar-refractivity contribution in [3.63, 3.8) is 0 Å². The maximum atomic E-state index is 12.1. The minimum absolute atomic E-state index is 0.0306. The molecule has 2 aliphatic rings. The van der Waals surface area contributed by atoms with Gasteiger partial charge in [0.05, 0.1) is 6.54 Å². The second-order valence-corrected chi connectivity index (χ2v) is 4.58. The van der Waals surface area contributed by atoms with Gasteiger partial charge in [-0.3, -0.25) is 14.9 Å². The summed E-state index contributed by atoms with van der Waals surface area (Å²) in [5.41, 5.74) is 0. The van der Waals surface area contributed by atoms with Crippen molar-refractivity contribution >= 4 is 11.8 Å². The molecule has 0 aromatic rings. The third-order valence-electron chi connectivity index (χ3n) is 3.49. The number of piperazine rings is 1. The number of carbonyl (C=O) groups excluding carboxylic acids is 2. The average Bonchev–Trinajstić information content (AvgIpc) is 2.77. The molecule has 2 aliphatic heterocycles. The summed E-state index contributed by atoms with van der Waals surface area (Å²) in [7, 11) is 0. The van der Waals surface area contributed by atoms with E-state index in [1.807, 2.05) is 4.90 Å². The van der Waals surface area contributed by atoms with Gasteiger partial charge in [-0.25, -0.2) is 0 Å². The highest BCUT2D eigenvalue weighted by Gasteiger charge is 2.31. The number of carbonyl (C=O) groups is 2. The maximum absolute atomic E-state index is 12.1. The first-order chi connectivity index (χ1) is 7.70. The molecular formula is C11H19N3O2. The molecule has 2 rings (SSSR count). The van der Waals surface area contributed by atoms with E-state index in [0.717, 1.165) is 25.9 Å². The van der Waals surface area contributed by atoms with Crippen molar-refractivity contribution in [2.24, 2.45) is 5.92 Å². The quantitative estimate of drug-likeness (QED) is 0.655. The number of likely N-dealkylation sites (tertiary alicyclic amines) is 1. The minimum Gasteiger partial charge on any atom is -0.353 e. The van der Waals surface area contributed by atoms with Crippen molar-refractivity contribution in [1.29, 1.82) is 0 Å². The molecule has 2 atom stereocenters. The fourth-order valence-electron chi connectivity index (χ4n) is 2.33. The summed E-state index contributed by atoms with van der Waals surface area (Å²) in [6, 6.07) is -0.228. The molecule has 2 amide bonds. The summed E-state index contributed by atoms with van der Waals surface area (Å²) in [5.74, 6) is 0.759. The molecule has 5 heteroatoms. The second kappa shape index (κ2) is 4.82. The molecule has 5 nitrogen and oxygen atoms in total. The number of nitrogens with one attached hydrogen (secondary N) is 2. The molecule has 0 aliphatic carbocycles. The molecule has 0 radical (unpaired) electrons. The predicted octanol–water partition coefficient (Wildman–Crippen LogP) is -0.667. The SMILES string of the molecule is CCC1CCN(C(=O)C2CNC(=O)CN2)C1. The molecule has 0 bridgehead atoms. The first-order valence-corrected chi connectivity index (χ1v) is 5.99. The van der Waals surface area contributed by atoms with Crippen LogP contribution in [0, 0.1) is 5.92 Å². The number of nitrogens with zero attached hydrogens (tertiary/aromatic N) is 1. The van der Waals surface area contributed by atoms with Crippen molar-refractivity contribution in [3.8, 4) is 0 Å². The van der Waals surface area contributed by atoms with E-state index in [-0.39, 0.29) is 24.4 Å². The van der Waals surface area contributed by atoms with Crippen LogP contribution in [0.3, 0.4) is 0 Å². The number of hydrogen-bond acceptors (Lipinski definition) is 3. The van der Waals surface area contributed by atoms with Crippen molar-refractivity contribution < 1.29 is 9.59 Å².